The summed E-state index contributed by atoms with van der Waals surface area (Å²) in [6, 6.07) is 9.03. The van der Waals surface area contributed by atoms with E-state index in [0.717, 1.165) is 24.5 Å². The third kappa shape index (κ3) is 2.49. The van der Waals surface area contributed by atoms with Crippen molar-refractivity contribution in [2.75, 3.05) is 32.1 Å². The van der Waals surface area contributed by atoms with E-state index in [4.69, 9.17) is 10.7 Å². The molecule has 4 heteroatoms. The summed E-state index contributed by atoms with van der Waals surface area (Å²) in [5.41, 5.74) is 6.96. The molecule has 0 spiro atoms. The van der Waals surface area contributed by atoms with Gasteiger partial charge >= 0.3 is 0 Å². The number of nitrogens with two attached hydrogens (primary N) is 1. The lowest BCUT2D eigenvalue weighted by molar-refractivity contribution is 0.266. The first-order valence-corrected chi connectivity index (χ1v) is 7.60. The van der Waals surface area contributed by atoms with Crippen LogP contribution in [0.25, 0.3) is 10.8 Å². The van der Waals surface area contributed by atoms with Gasteiger partial charge in [-0.05, 0) is 31.0 Å². The summed E-state index contributed by atoms with van der Waals surface area (Å²) in [5, 5.41) is 2.44. The average molecular weight is 284 g/mol. The zero-order chi connectivity index (χ0) is 15.0. The van der Waals surface area contributed by atoms with Gasteiger partial charge in [0.1, 0.15) is 5.82 Å². The summed E-state index contributed by atoms with van der Waals surface area (Å²) in [6.07, 6.45) is 1.94. The molecular formula is C17H24N4. The Bertz CT molecular complexity index is 638. The Labute approximate surface area is 126 Å². The van der Waals surface area contributed by atoms with Crippen molar-refractivity contribution < 1.29 is 0 Å². The van der Waals surface area contributed by atoms with Gasteiger partial charge in [-0.3, -0.25) is 0 Å². The highest BCUT2D eigenvalue weighted by Gasteiger charge is 2.32. The lowest BCUT2D eigenvalue weighted by Gasteiger charge is -2.23. The van der Waals surface area contributed by atoms with Gasteiger partial charge in [-0.1, -0.05) is 31.2 Å². The number of benzene rings is 1. The van der Waals surface area contributed by atoms with E-state index >= 15 is 0 Å². The quantitative estimate of drug-likeness (QED) is 0.937. The molecule has 0 aliphatic carbocycles. The van der Waals surface area contributed by atoms with Crippen molar-refractivity contribution in [3.8, 4) is 0 Å². The monoisotopic (exact) mass is 284 g/mol. The van der Waals surface area contributed by atoms with Gasteiger partial charge in [0.15, 0.2) is 0 Å². The van der Waals surface area contributed by atoms with Gasteiger partial charge in [0.25, 0.3) is 0 Å². The Balaban J connectivity index is 2.02. The number of rotatable bonds is 3. The largest absolute Gasteiger partial charge is 0.354 e. The fourth-order valence-corrected chi connectivity index (χ4v) is 3.45. The minimum Gasteiger partial charge on any atom is -0.354 e. The highest BCUT2D eigenvalue weighted by Crippen LogP contribution is 2.31. The molecule has 1 fully saturated rings. The second-order valence-corrected chi connectivity index (χ2v) is 6.27. The Morgan fingerprint density at radius 2 is 1.95 bits per heavy atom. The van der Waals surface area contributed by atoms with Crippen LogP contribution in [0.1, 0.15) is 12.5 Å². The molecule has 0 amide bonds. The molecule has 21 heavy (non-hydrogen) atoms. The molecule has 2 aromatic rings. The smallest absolute Gasteiger partial charge is 0.136 e. The Hall–Kier alpha value is -1.65. The summed E-state index contributed by atoms with van der Waals surface area (Å²) >= 11 is 0. The topological polar surface area (TPSA) is 45.4 Å². The number of likely N-dealkylation sites (N-methyl/N-ethyl adjacent to an activating group) is 1. The Morgan fingerprint density at radius 3 is 2.57 bits per heavy atom. The first-order chi connectivity index (χ1) is 10.1. The standard InChI is InChI=1S/C17H24N4/c1-12-10-21(11-16(12)20(2)3)17-15-7-5-4-6-14(15)13(8-18)9-19-17/h4-7,9,12,16H,8,10-11,18H2,1-3H3. The van der Waals surface area contributed by atoms with Crippen LogP contribution in [-0.4, -0.2) is 43.1 Å². The van der Waals surface area contributed by atoms with Crippen LogP contribution in [-0.2, 0) is 6.54 Å². The van der Waals surface area contributed by atoms with E-state index in [-0.39, 0.29) is 0 Å². The van der Waals surface area contributed by atoms with Gasteiger partial charge in [-0.15, -0.1) is 0 Å². The molecule has 1 aromatic carbocycles. The van der Waals surface area contributed by atoms with Gasteiger partial charge in [0, 0.05) is 37.3 Å². The summed E-state index contributed by atoms with van der Waals surface area (Å²) in [6.45, 7) is 4.95. The van der Waals surface area contributed by atoms with Crippen molar-refractivity contribution in [2.24, 2.45) is 11.7 Å². The fraction of sp³-hybridized carbons (Fsp3) is 0.471. The summed E-state index contributed by atoms with van der Waals surface area (Å²) in [4.78, 5) is 9.45. The lowest BCUT2D eigenvalue weighted by Crippen LogP contribution is -2.34. The first kappa shape index (κ1) is 14.3. The molecule has 1 aromatic heterocycles. The normalized spacial score (nSPS) is 22.4. The van der Waals surface area contributed by atoms with E-state index in [1.165, 1.54) is 10.8 Å². The maximum atomic E-state index is 5.84. The zero-order valence-electron chi connectivity index (χ0n) is 13.1. The number of hydrogen-bond acceptors (Lipinski definition) is 4. The van der Waals surface area contributed by atoms with E-state index in [1.807, 2.05) is 6.20 Å². The number of aromatic nitrogens is 1. The Morgan fingerprint density at radius 1 is 1.24 bits per heavy atom. The molecule has 3 rings (SSSR count). The van der Waals surface area contributed by atoms with E-state index in [9.17, 15) is 0 Å². The third-order valence-corrected chi connectivity index (χ3v) is 4.61. The molecule has 0 bridgehead atoms. The number of nitrogens with zero attached hydrogens (tertiary/aromatic N) is 3. The molecule has 1 saturated heterocycles. The first-order valence-electron chi connectivity index (χ1n) is 7.60. The molecular weight excluding hydrogens is 260 g/mol. The minimum atomic E-state index is 0.532. The van der Waals surface area contributed by atoms with Crippen LogP contribution in [0.15, 0.2) is 30.5 Å². The van der Waals surface area contributed by atoms with Crippen LogP contribution in [0.2, 0.25) is 0 Å². The van der Waals surface area contributed by atoms with Crippen LogP contribution in [0.3, 0.4) is 0 Å². The lowest BCUT2D eigenvalue weighted by atomic mass is 10.1. The molecule has 112 valence electrons. The van der Waals surface area contributed by atoms with Gasteiger partial charge in [0.05, 0.1) is 0 Å². The number of pyridine rings is 1. The van der Waals surface area contributed by atoms with Crippen molar-refractivity contribution in [1.82, 2.24) is 9.88 Å². The minimum absolute atomic E-state index is 0.532. The second kappa shape index (κ2) is 5.62. The molecule has 4 nitrogen and oxygen atoms in total. The van der Waals surface area contributed by atoms with Gasteiger partial charge in [-0.2, -0.15) is 0 Å². The molecule has 2 heterocycles. The van der Waals surface area contributed by atoms with Crippen LogP contribution in [0.5, 0.6) is 0 Å². The van der Waals surface area contributed by atoms with E-state index in [0.29, 0.717) is 18.5 Å². The van der Waals surface area contributed by atoms with Crippen molar-refractivity contribution in [2.45, 2.75) is 19.5 Å². The number of anilines is 1. The summed E-state index contributed by atoms with van der Waals surface area (Å²) < 4.78 is 0. The van der Waals surface area contributed by atoms with Crippen LogP contribution in [0.4, 0.5) is 5.82 Å². The maximum Gasteiger partial charge on any atom is 0.136 e. The molecule has 2 unspecified atom stereocenters. The second-order valence-electron chi connectivity index (χ2n) is 6.27. The van der Waals surface area contributed by atoms with Crippen LogP contribution < -0.4 is 10.6 Å². The van der Waals surface area contributed by atoms with Gasteiger partial charge in [-0.25, -0.2) is 4.98 Å². The van der Waals surface area contributed by atoms with Crippen molar-refractivity contribution in [3.63, 3.8) is 0 Å². The average Bonchev–Trinajstić information content (AvgIpc) is 2.88. The predicted molar refractivity (Wildman–Crippen MR) is 88.5 cm³/mol. The molecule has 2 N–H and O–H groups in total. The fourth-order valence-electron chi connectivity index (χ4n) is 3.45. The van der Waals surface area contributed by atoms with Crippen molar-refractivity contribution in [1.29, 1.82) is 0 Å². The zero-order valence-corrected chi connectivity index (χ0v) is 13.1. The third-order valence-electron chi connectivity index (χ3n) is 4.61. The SMILES string of the molecule is CC1CN(c2ncc(CN)c3ccccc23)CC1N(C)C. The van der Waals surface area contributed by atoms with E-state index in [1.54, 1.807) is 0 Å². The van der Waals surface area contributed by atoms with Crippen molar-refractivity contribution >= 4 is 16.6 Å². The van der Waals surface area contributed by atoms with Crippen LogP contribution in [0, 0.1) is 5.92 Å². The maximum absolute atomic E-state index is 5.84. The molecule has 1 aliphatic rings. The molecule has 0 saturated carbocycles. The van der Waals surface area contributed by atoms with Gasteiger partial charge in [0.2, 0.25) is 0 Å². The molecule has 1 aliphatic heterocycles. The van der Waals surface area contributed by atoms with E-state index < -0.39 is 0 Å². The molecule has 0 radical (unpaired) electrons. The summed E-state index contributed by atoms with van der Waals surface area (Å²) in [5.74, 6) is 1.74. The Kier molecular flexibility index (Phi) is 3.83. The van der Waals surface area contributed by atoms with Crippen molar-refractivity contribution in [3.05, 3.63) is 36.0 Å². The molecule has 2 atom stereocenters. The number of fused-ring (bicyclic) bond motifs is 1. The highest BCUT2D eigenvalue weighted by atomic mass is 15.3. The summed E-state index contributed by atoms with van der Waals surface area (Å²) in [7, 11) is 4.32. The highest BCUT2D eigenvalue weighted by molar-refractivity contribution is 5.94. The van der Waals surface area contributed by atoms with E-state index in [2.05, 4.69) is 55.1 Å². The van der Waals surface area contributed by atoms with Gasteiger partial charge < -0.3 is 15.5 Å². The van der Waals surface area contributed by atoms with Crippen LogP contribution >= 0.6 is 0 Å². The number of hydrogen-bond donors (Lipinski definition) is 1. The predicted octanol–water partition coefficient (Wildman–Crippen LogP) is 2.08.